The van der Waals surface area contributed by atoms with Crippen LogP contribution in [0.5, 0.6) is 0 Å². The van der Waals surface area contributed by atoms with E-state index in [1.54, 1.807) is 0 Å². The fourth-order valence-corrected chi connectivity index (χ4v) is 3.49. The first-order chi connectivity index (χ1) is 8.70. The van der Waals surface area contributed by atoms with Gasteiger partial charge in [0.2, 0.25) is 0 Å². The normalized spacial score (nSPS) is 27.8. The summed E-state index contributed by atoms with van der Waals surface area (Å²) in [5.41, 5.74) is -0.538. The molecule has 1 fully saturated rings. The Kier molecular flexibility index (Phi) is 5.43. The van der Waals surface area contributed by atoms with Gasteiger partial charge < -0.3 is 5.11 Å². The Morgan fingerprint density at radius 3 is 2.26 bits per heavy atom. The maximum Gasteiger partial charge on any atom is 0.323 e. The number of carbonyl (C=O) groups is 1. The Hall–Kier alpha value is -0.570. The minimum Gasteiger partial charge on any atom is -0.480 e. The lowest BCUT2D eigenvalue weighted by Crippen LogP contribution is -2.57. The predicted molar refractivity (Wildman–Crippen MR) is 79.3 cm³/mol. The first-order valence-corrected chi connectivity index (χ1v) is 7.72. The summed E-state index contributed by atoms with van der Waals surface area (Å²) in [4.78, 5) is 11.6. The quantitative estimate of drug-likeness (QED) is 0.797. The molecule has 1 rings (SSSR count). The summed E-state index contributed by atoms with van der Waals surface area (Å²) in [7, 11) is 0. The monoisotopic (exact) mass is 269 g/mol. The van der Waals surface area contributed by atoms with Crippen molar-refractivity contribution in [3.63, 3.8) is 0 Å². The zero-order valence-electron chi connectivity index (χ0n) is 13.3. The summed E-state index contributed by atoms with van der Waals surface area (Å²) >= 11 is 0. The largest absolute Gasteiger partial charge is 0.480 e. The molecular formula is C16H31NO2. The maximum absolute atomic E-state index is 11.6. The zero-order valence-corrected chi connectivity index (χ0v) is 13.3. The molecule has 0 saturated heterocycles. The SMILES string of the molecule is CCCC(C)(NC1CCCCC1C(C)(C)C)C(=O)O. The third-order valence-corrected chi connectivity index (χ3v) is 4.60. The molecular weight excluding hydrogens is 238 g/mol. The Bertz CT molecular complexity index is 308. The molecule has 0 aromatic heterocycles. The molecule has 3 atom stereocenters. The van der Waals surface area contributed by atoms with E-state index in [4.69, 9.17) is 0 Å². The van der Waals surface area contributed by atoms with Crippen LogP contribution in [-0.4, -0.2) is 22.7 Å². The van der Waals surface area contributed by atoms with Crippen LogP contribution >= 0.6 is 0 Å². The Morgan fingerprint density at radius 1 is 1.21 bits per heavy atom. The van der Waals surface area contributed by atoms with Crippen molar-refractivity contribution >= 4 is 5.97 Å². The summed E-state index contributed by atoms with van der Waals surface area (Å²) in [6, 6.07) is 0.335. The maximum atomic E-state index is 11.6. The fourth-order valence-electron chi connectivity index (χ4n) is 3.49. The van der Waals surface area contributed by atoms with Crippen molar-refractivity contribution in [2.24, 2.45) is 11.3 Å². The molecule has 0 radical (unpaired) electrons. The number of nitrogens with one attached hydrogen (secondary N) is 1. The third-order valence-electron chi connectivity index (χ3n) is 4.60. The van der Waals surface area contributed by atoms with Gasteiger partial charge in [0, 0.05) is 6.04 Å². The van der Waals surface area contributed by atoms with Crippen molar-refractivity contribution in [3.05, 3.63) is 0 Å². The first-order valence-electron chi connectivity index (χ1n) is 7.72. The van der Waals surface area contributed by atoms with E-state index in [1.165, 1.54) is 19.3 Å². The predicted octanol–water partition coefficient (Wildman–Crippen LogP) is 3.82. The standard InChI is InChI=1S/C16H31NO2/c1-6-11-16(5,14(18)19)17-13-10-8-7-9-12(13)15(2,3)4/h12-13,17H,6-11H2,1-5H3,(H,18,19). The van der Waals surface area contributed by atoms with Crippen LogP contribution in [0, 0.1) is 11.3 Å². The van der Waals surface area contributed by atoms with Crippen molar-refractivity contribution in [2.75, 3.05) is 0 Å². The minimum atomic E-state index is -0.778. The van der Waals surface area contributed by atoms with Gasteiger partial charge in [-0.25, -0.2) is 0 Å². The molecule has 0 aromatic carbocycles. The summed E-state index contributed by atoms with van der Waals surface area (Å²) in [6.45, 7) is 10.7. The van der Waals surface area contributed by atoms with Crippen LogP contribution in [0.15, 0.2) is 0 Å². The molecule has 0 aromatic rings. The molecule has 0 bridgehead atoms. The lowest BCUT2D eigenvalue weighted by Gasteiger charge is -2.44. The van der Waals surface area contributed by atoms with Crippen LogP contribution < -0.4 is 5.32 Å². The molecule has 1 aliphatic carbocycles. The number of hydrogen-bond donors (Lipinski definition) is 2. The average molecular weight is 269 g/mol. The Balaban J connectivity index is 2.83. The van der Waals surface area contributed by atoms with Crippen LogP contribution in [-0.2, 0) is 4.79 Å². The van der Waals surface area contributed by atoms with Gasteiger partial charge in [0.25, 0.3) is 0 Å². The van der Waals surface area contributed by atoms with Gasteiger partial charge >= 0.3 is 5.97 Å². The van der Waals surface area contributed by atoms with Gasteiger partial charge in [-0.15, -0.1) is 0 Å². The van der Waals surface area contributed by atoms with E-state index in [9.17, 15) is 9.90 Å². The number of carboxylic acid groups (broad SMARTS) is 1. The van der Waals surface area contributed by atoms with Gasteiger partial charge in [-0.05, 0) is 37.5 Å². The molecule has 3 unspecified atom stereocenters. The highest BCUT2D eigenvalue weighted by Crippen LogP contribution is 2.39. The molecule has 3 nitrogen and oxygen atoms in total. The van der Waals surface area contributed by atoms with Crippen molar-refractivity contribution in [1.29, 1.82) is 0 Å². The molecule has 19 heavy (non-hydrogen) atoms. The van der Waals surface area contributed by atoms with E-state index in [0.29, 0.717) is 18.4 Å². The Labute approximate surface area is 118 Å². The highest BCUT2D eigenvalue weighted by molar-refractivity contribution is 5.78. The van der Waals surface area contributed by atoms with Crippen LogP contribution in [0.2, 0.25) is 0 Å². The summed E-state index contributed by atoms with van der Waals surface area (Å²) in [6.07, 6.45) is 6.39. The van der Waals surface area contributed by atoms with Crippen LogP contribution in [0.3, 0.4) is 0 Å². The van der Waals surface area contributed by atoms with Gasteiger partial charge in [0.05, 0.1) is 0 Å². The lowest BCUT2D eigenvalue weighted by atomic mass is 9.69. The lowest BCUT2D eigenvalue weighted by molar-refractivity contribution is -0.145. The smallest absolute Gasteiger partial charge is 0.323 e. The van der Waals surface area contributed by atoms with Gasteiger partial charge in [-0.2, -0.15) is 0 Å². The second-order valence-corrected chi connectivity index (χ2v) is 7.40. The summed E-state index contributed by atoms with van der Waals surface area (Å²) in [5.74, 6) is -0.149. The number of hydrogen-bond acceptors (Lipinski definition) is 2. The number of rotatable bonds is 5. The minimum absolute atomic E-state index is 0.240. The van der Waals surface area contributed by atoms with Gasteiger partial charge in [-0.1, -0.05) is 47.0 Å². The van der Waals surface area contributed by atoms with E-state index >= 15 is 0 Å². The molecule has 3 heteroatoms. The van der Waals surface area contributed by atoms with Gasteiger partial charge in [-0.3, -0.25) is 10.1 Å². The van der Waals surface area contributed by atoms with Crippen molar-refractivity contribution in [2.45, 2.75) is 84.7 Å². The summed E-state index contributed by atoms with van der Waals surface area (Å²) < 4.78 is 0. The van der Waals surface area contributed by atoms with Crippen LogP contribution in [0.4, 0.5) is 0 Å². The van der Waals surface area contributed by atoms with E-state index in [1.807, 2.05) is 13.8 Å². The van der Waals surface area contributed by atoms with Crippen molar-refractivity contribution in [3.8, 4) is 0 Å². The zero-order chi connectivity index (χ0) is 14.7. The van der Waals surface area contributed by atoms with Gasteiger partial charge in [0.15, 0.2) is 0 Å². The average Bonchev–Trinajstić information content (AvgIpc) is 2.28. The highest BCUT2D eigenvalue weighted by Gasteiger charge is 2.40. The first kappa shape index (κ1) is 16.5. The second-order valence-electron chi connectivity index (χ2n) is 7.40. The van der Waals surface area contributed by atoms with E-state index in [-0.39, 0.29) is 5.41 Å². The van der Waals surface area contributed by atoms with E-state index < -0.39 is 11.5 Å². The molecule has 1 saturated carbocycles. The van der Waals surface area contributed by atoms with Gasteiger partial charge in [0.1, 0.15) is 5.54 Å². The molecule has 112 valence electrons. The molecule has 0 spiro atoms. The second kappa shape index (κ2) is 6.25. The number of aliphatic carboxylic acids is 1. The molecule has 0 heterocycles. The molecule has 1 aliphatic rings. The number of carboxylic acids is 1. The highest BCUT2D eigenvalue weighted by atomic mass is 16.4. The molecule has 0 aliphatic heterocycles. The van der Waals surface area contributed by atoms with Crippen molar-refractivity contribution < 1.29 is 9.90 Å². The Morgan fingerprint density at radius 2 is 1.79 bits per heavy atom. The van der Waals surface area contributed by atoms with E-state index in [2.05, 4.69) is 26.1 Å². The molecule has 0 amide bonds. The fraction of sp³-hybridized carbons (Fsp3) is 0.938. The van der Waals surface area contributed by atoms with Crippen LogP contribution in [0.1, 0.15) is 73.1 Å². The molecule has 2 N–H and O–H groups in total. The summed E-state index contributed by atoms with van der Waals surface area (Å²) in [5, 5.41) is 13.0. The van der Waals surface area contributed by atoms with Crippen LogP contribution in [0.25, 0.3) is 0 Å². The van der Waals surface area contributed by atoms with E-state index in [0.717, 1.165) is 12.8 Å². The third kappa shape index (κ3) is 4.20. The topological polar surface area (TPSA) is 49.3 Å². The van der Waals surface area contributed by atoms with Crippen molar-refractivity contribution in [1.82, 2.24) is 5.32 Å².